The van der Waals surface area contributed by atoms with E-state index in [0.29, 0.717) is 24.6 Å². The van der Waals surface area contributed by atoms with Gasteiger partial charge in [-0.25, -0.2) is 4.79 Å². The molecule has 3 N–H and O–H groups in total. The van der Waals surface area contributed by atoms with Gasteiger partial charge in [-0.05, 0) is 49.4 Å². The highest BCUT2D eigenvalue weighted by Crippen LogP contribution is 2.34. The van der Waals surface area contributed by atoms with Crippen molar-refractivity contribution in [3.8, 4) is 5.75 Å². The van der Waals surface area contributed by atoms with Crippen molar-refractivity contribution < 1.29 is 29.5 Å². The highest BCUT2D eigenvalue weighted by atomic mass is 16.5. The van der Waals surface area contributed by atoms with Gasteiger partial charge in [0.2, 0.25) is 0 Å². The summed E-state index contributed by atoms with van der Waals surface area (Å²) >= 11 is 0. The summed E-state index contributed by atoms with van der Waals surface area (Å²) in [5, 5.41) is 19.7. The first-order valence-corrected chi connectivity index (χ1v) is 10.4. The number of fused-ring (bicyclic) bond motifs is 1. The Kier molecular flexibility index (Phi) is 4.55. The van der Waals surface area contributed by atoms with E-state index in [9.17, 15) is 19.8 Å². The van der Waals surface area contributed by atoms with Gasteiger partial charge < -0.3 is 19.8 Å². The molecular weight excluding hydrogens is 374 g/mol. The van der Waals surface area contributed by atoms with Crippen molar-refractivity contribution in [3.05, 3.63) is 29.3 Å². The summed E-state index contributed by atoms with van der Waals surface area (Å²) in [5.41, 5.74) is 1.50. The van der Waals surface area contributed by atoms with E-state index >= 15 is 0 Å². The Hall–Kier alpha value is -2.45. The van der Waals surface area contributed by atoms with Gasteiger partial charge in [-0.15, -0.1) is 4.99 Å². The first kappa shape index (κ1) is 18.6. The molecule has 8 nitrogen and oxygen atoms in total. The second-order valence-corrected chi connectivity index (χ2v) is 8.50. The summed E-state index contributed by atoms with van der Waals surface area (Å²) < 4.78 is 6.29. The molecule has 3 atom stereocenters. The lowest BCUT2D eigenvalue weighted by atomic mass is 10.1. The highest BCUT2D eigenvalue weighted by molar-refractivity contribution is 6.01. The first-order chi connectivity index (χ1) is 14.0. The molecule has 0 aromatic heterocycles. The summed E-state index contributed by atoms with van der Waals surface area (Å²) in [5.74, 6) is 0.248. The minimum absolute atomic E-state index is 0.0969. The van der Waals surface area contributed by atoms with Crippen LogP contribution in [-0.2, 0) is 11.3 Å². The number of carbonyl (C=O) groups excluding carboxylic acids is 2. The Morgan fingerprint density at radius 1 is 1.14 bits per heavy atom. The van der Waals surface area contributed by atoms with Crippen LogP contribution in [0.25, 0.3) is 0 Å². The number of amides is 2. The lowest BCUT2D eigenvalue weighted by molar-refractivity contribution is -0.394. The number of nitrogens with zero attached hydrogens (tertiary/aromatic N) is 2. The molecule has 1 saturated heterocycles. The Labute approximate surface area is 168 Å². The number of hydrogen-bond acceptors (Lipinski definition) is 5. The van der Waals surface area contributed by atoms with Crippen molar-refractivity contribution in [2.75, 3.05) is 13.1 Å². The molecule has 1 saturated carbocycles. The van der Waals surface area contributed by atoms with Crippen LogP contribution < -0.4 is 9.73 Å². The Bertz CT molecular complexity index is 879. The topological polar surface area (TPSA) is 104 Å². The van der Waals surface area contributed by atoms with E-state index in [4.69, 9.17) is 4.74 Å². The predicted molar refractivity (Wildman–Crippen MR) is 103 cm³/mol. The maximum Gasteiger partial charge on any atom is 0.388 e. The molecule has 154 valence electrons. The molecular formula is C21H26N3O5+. The third-order valence-electron chi connectivity index (χ3n) is 6.58. The molecule has 1 aromatic carbocycles. The van der Waals surface area contributed by atoms with Crippen molar-refractivity contribution in [2.24, 2.45) is 0 Å². The van der Waals surface area contributed by atoms with Gasteiger partial charge in [0.1, 0.15) is 11.9 Å². The quantitative estimate of drug-likeness (QED) is 0.620. The van der Waals surface area contributed by atoms with Crippen molar-refractivity contribution in [1.29, 1.82) is 0 Å². The van der Waals surface area contributed by atoms with Gasteiger partial charge in [-0.1, -0.05) is 0 Å². The monoisotopic (exact) mass is 400 g/mol. The third-order valence-corrected chi connectivity index (χ3v) is 6.58. The van der Waals surface area contributed by atoms with Gasteiger partial charge in [0.15, 0.2) is 6.04 Å². The van der Waals surface area contributed by atoms with E-state index in [2.05, 4.69) is 9.89 Å². The fourth-order valence-corrected chi connectivity index (χ4v) is 5.04. The minimum atomic E-state index is -0.492. The number of β-amino-alcohol motifs (C(OH)–C–C–N with tert-alkyl or cyclic N) is 1. The molecule has 8 heteroatoms. The van der Waals surface area contributed by atoms with Gasteiger partial charge in [0, 0.05) is 31.2 Å². The lowest BCUT2D eigenvalue weighted by Gasteiger charge is -2.42. The second-order valence-electron chi connectivity index (χ2n) is 8.50. The number of rotatable bonds is 4. The molecule has 1 aromatic rings. The second kappa shape index (κ2) is 7.11. The summed E-state index contributed by atoms with van der Waals surface area (Å²) in [6.07, 6.45) is 3.78. The number of nitrogens with one attached hydrogen (secondary N) is 1. The molecule has 1 unspecified atom stereocenters. The first-order valence-electron chi connectivity index (χ1n) is 10.4. The highest BCUT2D eigenvalue weighted by Gasteiger charge is 2.42. The number of benzene rings is 1. The van der Waals surface area contributed by atoms with Gasteiger partial charge in [-0.2, -0.15) is 0 Å². The van der Waals surface area contributed by atoms with Gasteiger partial charge in [0.05, 0.1) is 12.5 Å². The van der Waals surface area contributed by atoms with Crippen LogP contribution in [0.2, 0.25) is 0 Å². The Balaban J connectivity index is 1.30. The standard InChI is InChI=1S/C21H25N3O5/c25-13-10-23(11-13)16-2-1-3-18(16)29-14-4-5-15-12(8-14)9-24(21(15)28)17-6-7-19(26)22-20(17)27/h4-5,8,13,16-18,25H,1-3,6-7,9-11H2,(H,22,26,27)/p+1/t16-,17?,18-/m1/s1. The third kappa shape index (κ3) is 3.30. The van der Waals surface area contributed by atoms with E-state index in [-0.39, 0.29) is 36.3 Å². The van der Waals surface area contributed by atoms with Crippen molar-refractivity contribution in [2.45, 2.75) is 62.9 Å². The molecule has 2 fully saturated rings. The molecule has 3 heterocycles. The number of likely N-dealkylation sites (tertiary alicyclic amines) is 1. The van der Waals surface area contributed by atoms with E-state index in [0.717, 1.165) is 43.7 Å². The fourth-order valence-electron chi connectivity index (χ4n) is 5.04. The van der Waals surface area contributed by atoms with Gasteiger partial charge in [-0.3, -0.25) is 9.69 Å². The molecule has 0 bridgehead atoms. The summed E-state index contributed by atoms with van der Waals surface area (Å²) in [7, 11) is 0. The van der Waals surface area contributed by atoms with E-state index in [1.54, 1.807) is 11.0 Å². The normalized spacial score (nSPS) is 30.3. The molecule has 29 heavy (non-hydrogen) atoms. The molecule has 5 rings (SSSR count). The lowest BCUT2D eigenvalue weighted by Crippen LogP contribution is -2.82. The zero-order valence-electron chi connectivity index (χ0n) is 16.2. The summed E-state index contributed by atoms with van der Waals surface area (Å²) in [4.78, 5) is 30.6. The van der Waals surface area contributed by atoms with Crippen molar-refractivity contribution >= 4 is 17.7 Å². The zero-order valence-corrected chi connectivity index (χ0v) is 16.2. The molecule has 0 radical (unpaired) electrons. The number of carbonyl (C=O) groups is 2. The fraction of sp³-hybridized carbons (Fsp3) is 0.571. The summed E-state index contributed by atoms with van der Waals surface area (Å²) in [6, 6.07) is 5.40. The van der Waals surface area contributed by atoms with Crippen LogP contribution in [0.1, 0.15) is 48.0 Å². The van der Waals surface area contributed by atoms with Crippen LogP contribution in [0.4, 0.5) is 0 Å². The number of aliphatic hydroxyl groups excluding tert-OH is 2. The SMILES string of the molecule is O=C1CCC(N2Cc3cc(O[C@@H]4CCC[C@H]4N4CC(O)C4)ccc3C2=O)C(O)=[NH+]1. The molecule has 1 aliphatic carbocycles. The summed E-state index contributed by atoms with van der Waals surface area (Å²) in [6.45, 7) is 1.83. The van der Waals surface area contributed by atoms with Crippen molar-refractivity contribution in [1.82, 2.24) is 9.80 Å². The van der Waals surface area contributed by atoms with Crippen LogP contribution in [0.15, 0.2) is 18.2 Å². The van der Waals surface area contributed by atoms with Crippen LogP contribution in [0.3, 0.4) is 0 Å². The number of hydrogen-bond donors (Lipinski definition) is 3. The van der Waals surface area contributed by atoms with E-state index < -0.39 is 6.04 Å². The zero-order chi connectivity index (χ0) is 20.1. The van der Waals surface area contributed by atoms with Crippen molar-refractivity contribution in [3.63, 3.8) is 0 Å². The number of aliphatic hydroxyl groups is 2. The molecule has 2 amide bonds. The minimum Gasteiger partial charge on any atom is -0.489 e. The predicted octanol–water partition coefficient (Wildman–Crippen LogP) is -0.655. The average molecular weight is 400 g/mol. The van der Waals surface area contributed by atoms with Gasteiger partial charge >= 0.3 is 11.8 Å². The maximum absolute atomic E-state index is 12.8. The number of ether oxygens (including phenoxy) is 1. The largest absolute Gasteiger partial charge is 0.489 e. The van der Waals surface area contributed by atoms with E-state index in [1.165, 1.54) is 0 Å². The van der Waals surface area contributed by atoms with Crippen LogP contribution in [0.5, 0.6) is 5.75 Å². The average Bonchev–Trinajstić information content (AvgIpc) is 3.24. The maximum atomic E-state index is 12.8. The Morgan fingerprint density at radius 3 is 2.72 bits per heavy atom. The Morgan fingerprint density at radius 2 is 1.97 bits per heavy atom. The van der Waals surface area contributed by atoms with Crippen LogP contribution in [0, 0.1) is 0 Å². The molecule has 0 spiro atoms. The van der Waals surface area contributed by atoms with Crippen LogP contribution in [-0.4, -0.2) is 75.1 Å². The van der Waals surface area contributed by atoms with Gasteiger partial charge in [0.25, 0.3) is 5.91 Å². The van der Waals surface area contributed by atoms with E-state index in [1.807, 2.05) is 12.1 Å². The molecule has 3 aliphatic heterocycles. The molecule has 4 aliphatic rings. The smallest absolute Gasteiger partial charge is 0.388 e. The van der Waals surface area contributed by atoms with Crippen LogP contribution >= 0.6 is 0 Å².